The molecule has 2 rings (SSSR count). The first-order valence-corrected chi connectivity index (χ1v) is 6.92. The molecule has 98 valence electrons. The van der Waals surface area contributed by atoms with Crippen molar-refractivity contribution in [3.05, 3.63) is 29.7 Å². The van der Waals surface area contributed by atoms with Crippen LogP contribution >= 0.6 is 0 Å². The summed E-state index contributed by atoms with van der Waals surface area (Å²) >= 11 is 0. The third-order valence-corrected chi connectivity index (χ3v) is 3.54. The van der Waals surface area contributed by atoms with Crippen LogP contribution < -0.4 is 0 Å². The Morgan fingerprint density at radius 1 is 1.00 bits per heavy atom. The first kappa shape index (κ1) is 13.1. The van der Waals surface area contributed by atoms with Gasteiger partial charge in [0.1, 0.15) is 0 Å². The molecule has 0 unspecified atom stereocenters. The summed E-state index contributed by atoms with van der Waals surface area (Å²) in [5.41, 5.74) is 3.91. The van der Waals surface area contributed by atoms with Crippen molar-refractivity contribution < 1.29 is 0 Å². The van der Waals surface area contributed by atoms with E-state index in [9.17, 15) is 0 Å². The van der Waals surface area contributed by atoms with Crippen molar-refractivity contribution >= 4 is 10.9 Å². The van der Waals surface area contributed by atoms with Crippen molar-refractivity contribution in [2.75, 3.05) is 0 Å². The maximum absolute atomic E-state index is 4.61. The first-order valence-electron chi connectivity index (χ1n) is 6.92. The zero-order valence-electron chi connectivity index (χ0n) is 12.4. The number of hydrogen-bond acceptors (Lipinski definition) is 1. The van der Waals surface area contributed by atoms with E-state index >= 15 is 0 Å². The van der Waals surface area contributed by atoms with Crippen LogP contribution in [0.15, 0.2) is 18.5 Å². The third-order valence-electron chi connectivity index (χ3n) is 3.54. The second-order valence-electron chi connectivity index (χ2n) is 6.02. The molecule has 0 aliphatic carbocycles. The molecule has 0 saturated heterocycles. The minimum absolute atomic E-state index is 0.479. The van der Waals surface area contributed by atoms with Crippen LogP contribution in [0.4, 0.5) is 0 Å². The van der Waals surface area contributed by atoms with Crippen LogP contribution in [-0.2, 0) is 0 Å². The first-order chi connectivity index (χ1) is 8.41. The average Bonchev–Trinajstić information content (AvgIpc) is 2.67. The quantitative estimate of drug-likeness (QED) is 0.753. The number of rotatable bonds is 3. The lowest BCUT2D eigenvalue weighted by atomic mass is 10.0. The molecule has 0 fully saturated rings. The van der Waals surface area contributed by atoms with Gasteiger partial charge in [0.05, 0.1) is 5.52 Å². The topological polar surface area (TPSA) is 17.8 Å². The maximum Gasteiger partial charge on any atom is 0.0519 e. The summed E-state index contributed by atoms with van der Waals surface area (Å²) in [6, 6.07) is 2.74. The van der Waals surface area contributed by atoms with Gasteiger partial charge >= 0.3 is 0 Å². The number of aromatic nitrogens is 2. The summed E-state index contributed by atoms with van der Waals surface area (Å²) < 4.78 is 2.37. The molecule has 2 heteroatoms. The summed E-state index contributed by atoms with van der Waals surface area (Å²) in [6.45, 7) is 13.4. The molecule has 0 aliphatic rings. The van der Waals surface area contributed by atoms with Gasteiger partial charge in [-0.15, -0.1) is 0 Å². The predicted molar refractivity (Wildman–Crippen MR) is 78.3 cm³/mol. The molecule has 0 amide bonds. The van der Waals surface area contributed by atoms with E-state index in [4.69, 9.17) is 0 Å². The highest BCUT2D eigenvalue weighted by atomic mass is 15.0. The molecule has 2 nitrogen and oxygen atoms in total. The second-order valence-corrected chi connectivity index (χ2v) is 6.02. The Balaban J connectivity index is 2.71. The van der Waals surface area contributed by atoms with Crippen LogP contribution in [0.1, 0.15) is 70.7 Å². The molecule has 0 atom stereocenters. The highest BCUT2D eigenvalue weighted by Crippen LogP contribution is 2.30. The van der Waals surface area contributed by atoms with Crippen molar-refractivity contribution in [2.45, 2.75) is 59.4 Å². The van der Waals surface area contributed by atoms with Gasteiger partial charge in [-0.25, -0.2) is 0 Å². The highest BCUT2D eigenvalue weighted by molar-refractivity contribution is 5.84. The van der Waals surface area contributed by atoms with E-state index in [2.05, 4.69) is 69.6 Å². The van der Waals surface area contributed by atoms with E-state index < -0.39 is 0 Å². The summed E-state index contributed by atoms with van der Waals surface area (Å²) in [6.07, 6.45) is 4.35. The Hall–Kier alpha value is -1.31. The van der Waals surface area contributed by atoms with Crippen LogP contribution in [0.25, 0.3) is 10.9 Å². The highest BCUT2D eigenvalue weighted by Gasteiger charge is 2.14. The Kier molecular flexibility index (Phi) is 3.47. The maximum atomic E-state index is 4.61. The van der Waals surface area contributed by atoms with Crippen molar-refractivity contribution in [3.8, 4) is 0 Å². The normalized spacial score (nSPS) is 12.3. The van der Waals surface area contributed by atoms with E-state index in [-0.39, 0.29) is 0 Å². The molecule has 0 spiro atoms. The van der Waals surface area contributed by atoms with Crippen molar-refractivity contribution in [2.24, 2.45) is 0 Å². The van der Waals surface area contributed by atoms with Gasteiger partial charge in [-0.3, -0.25) is 4.98 Å². The zero-order valence-corrected chi connectivity index (χ0v) is 12.4. The monoisotopic (exact) mass is 244 g/mol. The molecule has 0 aromatic carbocycles. The summed E-state index contributed by atoms with van der Waals surface area (Å²) in [5, 5.41) is 1.31. The Labute approximate surface area is 110 Å². The molecule has 0 aliphatic heterocycles. The van der Waals surface area contributed by atoms with Crippen LogP contribution in [0.2, 0.25) is 0 Å². The standard InChI is InChI=1S/C16H24N2/c1-10(2)14-9-18(12(5)6)16-7-15(11(3)4)17-8-13(14)16/h7-12H,1-6H3. The predicted octanol–water partition coefficient (Wildman–Crippen LogP) is 4.86. The molecular weight excluding hydrogens is 220 g/mol. The smallest absolute Gasteiger partial charge is 0.0519 e. The molecule has 2 aromatic rings. The van der Waals surface area contributed by atoms with Gasteiger partial charge in [-0.05, 0) is 37.3 Å². The van der Waals surface area contributed by atoms with E-state index in [0.717, 1.165) is 0 Å². The van der Waals surface area contributed by atoms with Gasteiger partial charge in [-0.1, -0.05) is 27.7 Å². The SMILES string of the molecule is CC(C)c1cc2c(cn1)c(C(C)C)cn2C(C)C. The lowest BCUT2D eigenvalue weighted by Gasteiger charge is -2.10. The summed E-state index contributed by atoms with van der Waals surface area (Å²) in [4.78, 5) is 4.61. The zero-order chi connectivity index (χ0) is 13.4. The minimum atomic E-state index is 0.479. The fraction of sp³-hybridized carbons (Fsp3) is 0.562. The molecule has 2 heterocycles. The van der Waals surface area contributed by atoms with Crippen molar-refractivity contribution in [3.63, 3.8) is 0 Å². The van der Waals surface area contributed by atoms with Gasteiger partial charge < -0.3 is 4.57 Å². The average molecular weight is 244 g/mol. The van der Waals surface area contributed by atoms with Crippen molar-refractivity contribution in [1.82, 2.24) is 9.55 Å². The molecular formula is C16H24N2. The molecule has 0 N–H and O–H groups in total. The lowest BCUT2D eigenvalue weighted by molar-refractivity contribution is 0.618. The molecule has 0 bridgehead atoms. The second kappa shape index (κ2) is 4.75. The number of nitrogens with zero attached hydrogens (tertiary/aromatic N) is 2. The lowest BCUT2D eigenvalue weighted by Crippen LogP contribution is -1.99. The summed E-state index contributed by atoms with van der Waals surface area (Å²) in [7, 11) is 0. The number of pyridine rings is 1. The van der Waals surface area contributed by atoms with Crippen LogP contribution in [0, 0.1) is 0 Å². The van der Waals surface area contributed by atoms with Gasteiger partial charge in [0.25, 0.3) is 0 Å². The van der Waals surface area contributed by atoms with Crippen molar-refractivity contribution in [1.29, 1.82) is 0 Å². The van der Waals surface area contributed by atoms with Crippen LogP contribution in [-0.4, -0.2) is 9.55 Å². The van der Waals surface area contributed by atoms with Crippen LogP contribution in [0.5, 0.6) is 0 Å². The van der Waals surface area contributed by atoms with Crippen LogP contribution in [0.3, 0.4) is 0 Å². The molecule has 2 aromatic heterocycles. The number of hydrogen-bond donors (Lipinski definition) is 0. The van der Waals surface area contributed by atoms with E-state index in [1.807, 2.05) is 0 Å². The van der Waals surface area contributed by atoms with E-state index in [0.29, 0.717) is 17.9 Å². The minimum Gasteiger partial charge on any atom is -0.345 e. The molecule has 0 radical (unpaired) electrons. The largest absolute Gasteiger partial charge is 0.345 e. The third kappa shape index (κ3) is 2.16. The Morgan fingerprint density at radius 3 is 2.17 bits per heavy atom. The Morgan fingerprint density at radius 2 is 1.67 bits per heavy atom. The van der Waals surface area contributed by atoms with E-state index in [1.54, 1.807) is 0 Å². The van der Waals surface area contributed by atoms with Gasteiger partial charge in [0.2, 0.25) is 0 Å². The molecule has 0 saturated carbocycles. The van der Waals surface area contributed by atoms with Gasteiger partial charge in [-0.2, -0.15) is 0 Å². The van der Waals surface area contributed by atoms with Gasteiger partial charge in [0, 0.05) is 29.5 Å². The fourth-order valence-corrected chi connectivity index (χ4v) is 2.39. The Bertz CT molecular complexity index is 547. The van der Waals surface area contributed by atoms with Gasteiger partial charge in [0.15, 0.2) is 0 Å². The molecule has 18 heavy (non-hydrogen) atoms. The summed E-state index contributed by atoms with van der Waals surface area (Å²) in [5.74, 6) is 1.02. The fourth-order valence-electron chi connectivity index (χ4n) is 2.39. The number of fused-ring (bicyclic) bond motifs is 1. The van der Waals surface area contributed by atoms with E-state index in [1.165, 1.54) is 22.2 Å².